The standard InChI is InChI=1S/C20H19FN6O4S/c1-10-7-27-18(22-10)15(31-2)5-14(24-27)13-6-17(28)26-9-16(32-19(26)23-13)11-3-4-25(20(29)30)8-12(11)21/h5-7,9,11-12H,3-4,8H2,1-2H3,(H,29,30)/t11-,12+/m1/s1. The number of piperidine rings is 1. The van der Waals surface area contributed by atoms with Crippen LogP contribution in [0, 0.1) is 6.92 Å². The molecule has 0 bridgehead atoms. The predicted octanol–water partition coefficient (Wildman–Crippen LogP) is 2.59. The zero-order valence-corrected chi connectivity index (χ0v) is 18.0. The van der Waals surface area contributed by atoms with Gasteiger partial charge in [-0.25, -0.2) is 23.7 Å². The smallest absolute Gasteiger partial charge is 0.407 e. The van der Waals surface area contributed by atoms with Gasteiger partial charge in [0.25, 0.3) is 5.56 Å². The quantitative estimate of drug-likeness (QED) is 0.502. The second-order valence-corrected chi connectivity index (χ2v) is 8.69. The van der Waals surface area contributed by atoms with Gasteiger partial charge in [0.15, 0.2) is 16.4 Å². The van der Waals surface area contributed by atoms with Crippen molar-refractivity contribution in [1.82, 2.24) is 28.9 Å². The van der Waals surface area contributed by atoms with Crippen LogP contribution in [0.5, 0.6) is 5.75 Å². The lowest BCUT2D eigenvalue weighted by atomic mass is 9.94. The van der Waals surface area contributed by atoms with Gasteiger partial charge in [-0.2, -0.15) is 5.10 Å². The van der Waals surface area contributed by atoms with Gasteiger partial charge in [-0.15, -0.1) is 11.3 Å². The molecular formula is C20H19FN6O4S. The van der Waals surface area contributed by atoms with Gasteiger partial charge in [-0.05, 0) is 13.3 Å². The van der Waals surface area contributed by atoms with Gasteiger partial charge >= 0.3 is 6.09 Å². The molecule has 0 aromatic carbocycles. The summed E-state index contributed by atoms with van der Waals surface area (Å²) in [6.45, 7) is 1.91. The number of methoxy groups -OCH3 is 1. The first-order valence-electron chi connectivity index (χ1n) is 9.90. The fraction of sp³-hybridized carbons (Fsp3) is 0.350. The SMILES string of the molecule is COc1cc(-c2cc(=O)n3cc([C@@H]4CCN(C(=O)O)C[C@@H]4F)sc3n2)nn2cc(C)nc12. The number of fused-ring (bicyclic) bond motifs is 2. The molecule has 4 aromatic rings. The molecule has 1 amide bonds. The fourth-order valence-corrected chi connectivity index (χ4v) is 5.13. The molecule has 0 radical (unpaired) electrons. The van der Waals surface area contributed by atoms with Gasteiger partial charge in [-0.1, -0.05) is 0 Å². The highest BCUT2D eigenvalue weighted by molar-refractivity contribution is 7.17. The molecule has 1 N–H and O–H groups in total. The number of ether oxygens (including phenoxy) is 1. The van der Waals surface area contributed by atoms with E-state index in [1.54, 1.807) is 23.0 Å². The summed E-state index contributed by atoms with van der Waals surface area (Å²) in [4.78, 5) is 35.0. The first-order chi connectivity index (χ1) is 15.3. The van der Waals surface area contributed by atoms with Crippen molar-refractivity contribution in [2.45, 2.75) is 25.4 Å². The number of likely N-dealkylation sites (tertiary alicyclic amines) is 1. The van der Waals surface area contributed by atoms with Crippen molar-refractivity contribution in [1.29, 1.82) is 0 Å². The van der Waals surface area contributed by atoms with E-state index in [-0.39, 0.29) is 18.6 Å². The van der Waals surface area contributed by atoms with Crippen LogP contribution >= 0.6 is 11.3 Å². The number of hydrogen-bond donors (Lipinski definition) is 1. The molecule has 0 saturated carbocycles. The Hall–Kier alpha value is -3.54. The Labute approximate surface area is 184 Å². The van der Waals surface area contributed by atoms with E-state index in [2.05, 4.69) is 15.1 Å². The van der Waals surface area contributed by atoms with Gasteiger partial charge in [0.2, 0.25) is 0 Å². The van der Waals surface area contributed by atoms with E-state index in [0.29, 0.717) is 39.0 Å². The van der Waals surface area contributed by atoms with Crippen LogP contribution in [-0.2, 0) is 0 Å². The number of nitrogens with zero attached hydrogens (tertiary/aromatic N) is 6. The maximum atomic E-state index is 14.7. The third-order valence-electron chi connectivity index (χ3n) is 5.56. The monoisotopic (exact) mass is 458 g/mol. The van der Waals surface area contributed by atoms with Crippen molar-refractivity contribution in [3.8, 4) is 17.1 Å². The summed E-state index contributed by atoms with van der Waals surface area (Å²) in [5.41, 5.74) is 1.83. The lowest BCUT2D eigenvalue weighted by Crippen LogP contribution is -2.43. The minimum atomic E-state index is -1.35. The number of imidazole rings is 1. The van der Waals surface area contributed by atoms with Crippen molar-refractivity contribution in [3.05, 3.63) is 45.5 Å². The molecule has 0 aliphatic carbocycles. The average Bonchev–Trinajstić information content (AvgIpc) is 3.35. The normalized spacial score (nSPS) is 19.0. The third-order valence-corrected chi connectivity index (χ3v) is 6.67. The van der Waals surface area contributed by atoms with E-state index in [0.717, 1.165) is 10.6 Å². The molecule has 1 aliphatic heterocycles. The lowest BCUT2D eigenvalue weighted by molar-refractivity contribution is 0.0969. The van der Waals surface area contributed by atoms with Gasteiger partial charge in [0, 0.05) is 35.7 Å². The Kier molecular flexibility index (Phi) is 4.81. The average molecular weight is 458 g/mol. The minimum absolute atomic E-state index is 0.185. The van der Waals surface area contributed by atoms with Crippen LogP contribution in [0.3, 0.4) is 0 Å². The third kappa shape index (κ3) is 3.36. The number of halogens is 1. The number of aromatic nitrogens is 5. The summed E-state index contributed by atoms with van der Waals surface area (Å²) in [7, 11) is 1.53. The second kappa shape index (κ2) is 7.55. The molecule has 1 saturated heterocycles. The van der Waals surface area contributed by atoms with Gasteiger partial charge in [-0.3, -0.25) is 9.20 Å². The number of aryl methyl sites for hydroxylation is 1. The highest BCUT2D eigenvalue weighted by Gasteiger charge is 2.34. The summed E-state index contributed by atoms with van der Waals surface area (Å²) in [5, 5.41) is 13.6. The molecule has 1 fully saturated rings. The molecule has 4 aromatic heterocycles. The van der Waals surface area contributed by atoms with Crippen LogP contribution in [0.1, 0.15) is 22.9 Å². The summed E-state index contributed by atoms with van der Waals surface area (Å²) >= 11 is 1.23. The summed E-state index contributed by atoms with van der Waals surface area (Å²) in [6, 6.07) is 3.05. The van der Waals surface area contributed by atoms with Gasteiger partial charge in [0.1, 0.15) is 11.9 Å². The summed E-state index contributed by atoms with van der Waals surface area (Å²) < 4.78 is 23.1. The Morgan fingerprint density at radius 2 is 2.09 bits per heavy atom. The molecule has 0 unspecified atom stereocenters. The number of thiazole rings is 1. The summed E-state index contributed by atoms with van der Waals surface area (Å²) in [5.74, 6) is 0.0195. The largest absolute Gasteiger partial charge is 0.493 e. The van der Waals surface area contributed by atoms with E-state index < -0.39 is 18.2 Å². The number of amides is 1. The number of hydrogen-bond acceptors (Lipinski definition) is 7. The molecule has 1 aliphatic rings. The van der Waals surface area contributed by atoms with Crippen LogP contribution in [0.4, 0.5) is 9.18 Å². The molecule has 32 heavy (non-hydrogen) atoms. The van der Waals surface area contributed by atoms with E-state index >= 15 is 0 Å². The van der Waals surface area contributed by atoms with Crippen LogP contribution in [0.2, 0.25) is 0 Å². The zero-order chi connectivity index (χ0) is 22.6. The second-order valence-electron chi connectivity index (χ2n) is 7.65. The molecular weight excluding hydrogens is 439 g/mol. The van der Waals surface area contributed by atoms with Crippen molar-refractivity contribution in [2.75, 3.05) is 20.2 Å². The minimum Gasteiger partial charge on any atom is -0.493 e. The van der Waals surface area contributed by atoms with Crippen molar-refractivity contribution in [2.24, 2.45) is 0 Å². The Morgan fingerprint density at radius 1 is 1.28 bits per heavy atom. The van der Waals surface area contributed by atoms with Crippen molar-refractivity contribution >= 4 is 28.0 Å². The van der Waals surface area contributed by atoms with Crippen molar-refractivity contribution < 1.29 is 19.0 Å². The first kappa shape index (κ1) is 20.4. The first-order valence-corrected chi connectivity index (χ1v) is 10.7. The number of alkyl halides is 1. The number of carboxylic acid groups (broad SMARTS) is 1. The van der Waals surface area contributed by atoms with Crippen LogP contribution in [-0.4, -0.2) is 66.5 Å². The highest BCUT2D eigenvalue weighted by Crippen LogP contribution is 2.35. The van der Waals surface area contributed by atoms with Gasteiger partial charge in [0.05, 0.1) is 31.2 Å². The van der Waals surface area contributed by atoms with E-state index in [9.17, 15) is 14.0 Å². The maximum absolute atomic E-state index is 14.7. The van der Waals surface area contributed by atoms with E-state index in [1.807, 2.05) is 6.92 Å². The van der Waals surface area contributed by atoms with Crippen molar-refractivity contribution in [3.63, 3.8) is 0 Å². The Morgan fingerprint density at radius 3 is 2.81 bits per heavy atom. The van der Waals surface area contributed by atoms with Crippen LogP contribution < -0.4 is 10.3 Å². The molecule has 10 nitrogen and oxygen atoms in total. The fourth-order valence-electron chi connectivity index (χ4n) is 3.96. The predicted molar refractivity (Wildman–Crippen MR) is 114 cm³/mol. The molecule has 5 rings (SSSR count). The number of carbonyl (C=O) groups is 1. The van der Waals surface area contributed by atoms with E-state index in [4.69, 9.17) is 9.84 Å². The Balaban J connectivity index is 1.54. The highest BCUT2D eigenvalue weighted by atomic mass is 32.1. The number of rotatable bonds is 3. The molecule has 0 spiro atoms. The summed E-state index contributed by atoms with van der Waals surface area (Å²) in [6.07, 6.45) is 1.22. The maximum Gasteiger partial charge on any atom is 0.407 e. The molecule has 5 heterocycles. The molecule has 2 atom stereocenters. The lowest BCUT2D eigenvalue weighted by Gasteiger charge is -2.32. The van der Waals surface area contributed by atoms with Crippen LogP contribution in [0.15, 0.2) is 29.3 Å². The van der Waals surface area contributed by atoms with Crippen LogP contribution in [0.25, 0.3) is 22.0 Å². The van der Waals surface area contributed by atoms with E-state index in [1.165, 1.54) is 28.9 Å². The Bertz CT molecular complexity index is 1410. The topological polar surface area (TPSA) is 114 Å². The van der Waals surface area contributed by atoms with Gasteiger partial charge < -0.3 is 14.7 Å². The molecule has 12 heteroatoms. The molecule has 166 valence electrons. The zero-order valence-electron chi connectivity index (χ0n) is 17.2.